The van der Waals surface area contributed by atoms with E-state index in [1.54, 1.807) is 6.92 Å². The van der Waals surface area contributed by atoms with Gasteiger partial charge in [-0.05, 0) is 37.7 Å². The number of ether oxygens (including phenoxy) is 1. The van der Waals surface area contributed by atoms with Crippen LogP contribution in [0.4, 0.5) is 0 Å². The van der Waals surface area contributed by atoms with Gasteiger partial charge in [0.1, 0.15) is 17.7 Å². The number of hydrogen-bond donors (Lipinski definition) is 3. The molecule has 8 nitrogen and oxygen atoms in total. The molecule has 1 aliphatic rings. The highest BCUT2D eigenvalue weighted by molar-refractivity contribution is 5.98. The molecule has 1 heterocycles. The normalized spacial score (nSPS) is 18.8. The van der Waals surface area contributed by atoms with Crippen molar-refractivity contribution < 1.29 is 23.9 Å². The predicted octanol–water partition coefficient (Wildman–Crippen LogP) is 3.86. The van der Waals surface area contributed by atoms with Crippen molar-refractivity contribution in [2.24, 2.45) is 5.92 Å². The Kier molecular flexibility index (Phi) is 12.9. The number of unbranched alkanes of at least 4 members (excludes halogenated alkanes) is 3. The molecule has 8 heteroatoms. The van der Waals surface area contributed by atoms with Crippen molar-refractivity contribution in [3.63, 3.8) is 0 Å². The number of amides is 3. The molecule has 3 N–H and O–H groups in total. The summed E-state index contributed by atoms with van der Waals surface area (Å²) in [5.41, 5.74) is 0.0639. The minimum Gasteiger partial charge on any atom is -0.361 e. The average Bonchev–Trinajstić information content (AvgIpc) is 3.63. The molecule has 0 bridgehead atoms. The molecule has 0 aromatic heterocycles. The van der Waals surface area contributed by atoms with Crippen LogP contribution in [-0.4, -0.2) is 53.8 Å². The topological polar surface area (TPSA) is 117 Å². The quantitative estimate of drug-likeness (QED) is 0.197. The van der Waals surface area contributed by atoms with E-state index in [2.05, 4.69) is 22.9 Å². The molecule has 4 atom stereocenters. The molecule has 2 rings (SSSR count). The fraction of sp³-hybridized carbons (Fsp3) is 0.667. The first-order valence-corrected chi connectivity index (χ1v) is 14.2. The molecule has 1 saturated heterocycles. The summed E-state index contributed by atoms with van der Waals surface area (Å²) < 4.78 is 5.34. The highest BCUT2D eigenvalue weighted by atomic mass is 16.6. The highest BCUT2D eigenvalue weighted by Crippen LogP contribution is 2.29. The van der Waals surface area contributed by atoms with Gasteiger partial charge in [0.15, 0.2) is 5.78 Å². The van der Waals surface area contributed by atoms with Gasteiger partial charge in [-0.2, -0.15) is 0 Å². The van der Waals surface area contributed by atoms with Gasteiger partial charge in [0.2, 0.25) is 17.7 Å². The number of epoxide rings is 1. The minimum absolute atomic E-state index is 0.138. The van der Waals surface area contributed by atoms with Gasteiger partial charge < -0.3 is 20.7 Å². The number of ketones is 1. The summed E-state index contributed by atoms with van der Waals surface area (Å²) in [4.78, 5) is 52.5. The van der Waals surface area contributed by atoms with Gasteiger partial charge in [-0.1, -0.05) is 83.7 Å². The second-order valence-electron chi connectivity index (χ2n) is 11.0. The van der Waals surface area contributed by atoms with Crippen molar-refractivity contribution >= 4 is 23.5 Å². The maximum absolute atomic E-state index is 13.5. The molecule has 212 valence electrons. The van der Waals surface area contributed by atoms with Gasteiger partial charge in [0.25, 0.3) is 0 Å². The molecular weight excluding hydrogens is 482 g/mol. The summed E-state index contributed by atoms with van der Waals surface area (Å²) in [6.07, 6.45) is 5.89. The number of Topliss-reactive ketones (excluding diaryl/α,β-unsaturated/α-hetero) is 1. The van der Waals surface area contributed by atoms with Crippen molar-refractivity contribution in [3.8, 4) is 0 Å². The second-order valence-corrected chi connectivity index (χ2v) is 11.0. The summed E-state index contributed by atoms with van der Waals surface area (Å²) in [6, 6.07) is 7.19. The van der Waals surface area contributed by atoms with Crippen molar-refractivity contribution in [1.82, 2.24) is 16.0 Å². The molecule has 1 fully saturated rings. The molecule has 4 unspecified atom stereocenters. The minimum atomic E-state index is -0.849. The maximum Gasteiger partial charge on any atom is 0.243 e. The lowest BCUT2D eigenvalue weighted by Gasteiger charge is -2.26. The molecule has 38 heavy (non-hydrogen) atoms. The first kappa shape index (κ1) is 31.5. The van der Waals surface area contributed by atoms with Crippen LogP contribution >= 0.6 is 0 Å². The second kappa shape index (κ2) is 15.6. The molecule has 1 aromatic carbocycles. The standard InChI is InChI=1S/C30H47N3O5/c1-6-8-11-17-26(34)31-25(19-22-14-12-10-13-15-22)29(37)32-23(16-9-7-2)28(36)33-24(18-21(3)4)27(35)30(5)20-38-30/h10,12-15,21,23-25H,6-9,11,16-20H2,1-5H3,(H,31,34)(H,32,37)(H,33,36). The largest absolute Gasteiger partial charge is 0.361 e. The summed E-state index contributed by atoms with van der Waals surface area (Å²) in [7, 11) is 0. The lowest BCUT2D eigenvalue weighted by atomic mass is 9.93. The Morgan fingerprint density at radius 2 is 1.47 bits per heavy atom. The molecule has 3 amide bonds. The van der Waals surface area contributed by atoms with Gasteiger partial charge in [0, 0.05) is 12.8 Å². The van der Waals surface area contributed by atoms with Crippen LogP contribution in [0, 0.1) is 5.92 Å². The Hall–Kier alpha value is -2.74. The van der Waals surface area contributed by atoms with Crippen LogP contribution in [-0.2, 0) is 30.3 Å². The molecule has 1 aromatic rings. The summed E-state index contributed by atoms with van der Waals surface area (Å²) >= 11 is 0. The molecule has 0 radical (unpaired) electrons. The Morgan fingerprint density at radius 3 is 2.05 bits per heavy atom. The Labute approximate surface area is 228 Å². The van der Waals surface area contributed by atoms with Crippen molar-refractivity contribution in [2.45, 2.75) is 116 Å². The van der Waals surface area contributed by atoms with Crippen LogP contribution in [0.5, 0.6) is 0 Å². The zero-order valence-electron chi connectivity index (χ0n) is 23.8. The number of benzene rings is 1. The number of carbonyl (C=O) groups excluding carboxylic acids is 4. The Balaban J connectivity index is 2.16. The maximum atomic E-state index is 13.5. The van der Waals surface area contributed by atoms with Crippen LogP contribution in [0.1, 0.15) is 91.5 Å². The summed E-state index contributed by atoms with van der Waals surface area (Å²) in [5, 5.41) is 8.68. The molecule has 1 aliphatic heterocycles. The van der Waals surface area contributed by atoms with E-state index in [1.165, 1.54) is 0 Å². The smallest absolute Gasteiger partial charge is 0.243 e. The molecule has 0 saturated carbocycles. The fourth-order valence-electron chi connectivity index (χ4n) is 4.40. The number of nitrogens with one attached hydrogen (secondary N) is 3. The van der Waals surface area contributed by atoms with Crippen LogP contribution < -0.4 is 16.0 Å². The molecular formula is C30H47N3O5. The predicted molar refractivity (Wildman–Crippen MR) is 148 cm³/mol. The van der Waals surface area contributed by atoms with Crippen molar-refractivity contribution in [3.05, 3.63) is 35.9 Å². The zero-order valence-corrected chi connectivity index (χ0v) is 23.8. The third kappa shape index (κ3) is 10.6. The van der Waals surface area contributed by atoms with Gasteiger partial charge >= 0.3 is 0 Å². The number of carbonyl (C=O) groups is 4. The van der Waals surface area contributed by atoms with Gasteiger partial charge in [-0.3, -0.25) is 19.2 Å². The van der Waals surface area contributed by atoms with Crippen LogP contribution in [0.3, 0.4) is 0 Å². The first-order valence-electron chi connectivity index (χ1n) is 14.2. The van der Waals surface area contributed by atoms with Crippen LogP contribution in [0.25, 0.3) is 0 Å². The van der Waals surface area contributed by atoms with E-state index < -0.39 is 29.6 Å². The molecule has 0 spiro atoms. The van der Waals surface area contributed by atoms with E-state index in [-0.39, 0.29) is 23.5 Å². The van der Waals surface area contributed by atoms with Crippen LogP contribution in [0.2, 0.25) is 0 Å². The van der Waals surface area contributed by atoms with E-state index in [9.17, 15) is 19.2 Å². The third-order valence-corrected chi connectivity index (χ3v) is 6.86. The van der Waals surface area contributed by atoms with Gasteiger partial charge in [-0.15, -0.1) is 0 Å². The lowest BCUT2D eigenvalue weighted by Crippen LogP contribution is -2.57. The van der Waals surface area contributed by atoms with E-state index in [0.29, 0.717) is 32.3 Å². The fourth-order valence-corrected chi connectivity index (χ4v) is 4.40. The lowest BCUT2D eigenvalue weighted by molar-refractivity contribution is -0.134. The van der Waals surface area contributed by atoms with Crippen molar-refractivity contribution in [1.29, 1.82) is 0 Å². The summed E-state index contributed by atoms with van der Waals surface area (Å²) in [5.74, 6) is -0.916. The van der Waals surface area contributed by atoms with Gasteiger partial charge in [0.05, 0.1) is 12.6 Å². The third-order valence-electron chi connectivity index (χ3n) is 6.86. The Bertz CT molecular complexity index is 914. The Morgan fingerprint density at radius 1 is 0.868 bits per heavy atom. The number of hydrogen-bond acceptors (Lipinski definition) is 5. The first-order chi connectivity index (χ1) is 18.1. The van der Waals surface area contributed by atoms with Crippen LogP contribution in [0.15, 0.2) is 30.3 Å². The molecule has 0 aliphatic carbocycles. The van der Waals surface area contributed by atoms with E-state index in [4.69, 9.17) is 4.74 Å². The van der Waals surface area contributed by atoms with E-state index in [1.807, 2.05) is 51.1 Å². The highest BCUT2D eigenvalue weighted by Gasteiger charge is 2.50. The average molecular weight is 530 g/mol. The van der Waals surface area contributed by atoms with Gasteiger partial charge in [-0.25, -0.2) is 0 Å². The van der Waals surface area contributed by atoms with Crippen molar-refractivity contribution in [2.75, 3.05) is 6.61 Å². The zero-order chi connectivity index (χ0) is 28.1. The SMILES string of the molecule is CCCCCC(=O)NC(Cc1ccccc1)C(=O)NC(CCCC)C(=O)NC(CC(C)C)C(=O)C1(C)CO1. The summed E-state index contributed by atoms with van der Waals surface area (Å²) in [6.45, 7) is 10.2. The van der Waals surface area contributed by atoms with E-state index >= 15 is 0 Å². The van der Waals surface area contributed by atoms with E-state index in [0.717, 1.165) is 37.7 Å². The number of rotatable bonds is 18. The monoisotopic (exact) mass is 529 g/mol.